The summed E-state index contributed by atoms with van der Waals surface area (Å²) in [5.74, 6) is 1.32. The van der Waals surface area contributed by atoms with E-state index in [1.807, 2.05) is 12.1 Å². The second-order valence-electron chi connectivity index (χ2n) is 6.04. The van der Waals surface area contributed by atoms with Crippen molar-refractivity contribution in [2.24, 2.45) is 0 Å². The van der Waals surface area contributed by atoms with E-state index in [0.717, 1.165) is 31.8 Å². The molecule has 2 saturated heterocycles. The van der Waals surface area contributed by atoms with Crippen molar-refractivity contribution in [1.82, 2.24) is 20.4 Å². The van der Waals surface area contributed by atoms with Gasteiger partial charge in [-0.2, -0.15) is 4.98 Å². The number of fused-ring (bicyclic) bond motifs is 1. The summed E-state index contributed by atoms with van der Waals surface area (Å²) < 4.78 is 11.2. The lowest BCUT2D eigenvalue weighted by molar-refractivity contribution is 0.0173. The minimum Gasteiger partial charge on any atom is -0.374 e. The van der Waals surface area contributed by atoms with Crippen LogP contribution >= 0.6 is 0 Å². The smallest absolute Gasteiger partial charge is 0.241 e. The molecule has 0 spiro atoms. The average Bonchev–Trinajstić information content (AvgIpc) is 3.14. The Labute approximate surface area is 129 Å². The van der Waals surface area contributed by atoms with Crippen LogP contribution in [-0.4, -0.2) is 53.4 Å². The molecule has 3 heterocycles. The minimum atomic E-state index is 0.285. The largest absolute Gasteiger partial charge is 0.374 e. The van der Waals surface area contributed by atoms with Crippen molar-refractivity contribution in [3.63, 3.8) is 0 Å². The van der Waals surface area contributed by atoms with Gasteiger partial charge in [0.25, 0.3) is 0 Å². The van der Waals surface area contributed by atoms with Gasteiger partial charge in [0.2, 0.25) is 11.7 Å². The molecule has 1 aromatic heterocycles. The van der Waals surface area contributed by atoms with Crippen molar-refractivity contribution in [1.29, 1.82) is 0 Å². The molecule has 22 heavy (non-hydrogen) atoms. The third-order valence-corrected chi connectivity index (χ3v) is 4.32. The van der Waals surface area contributed by atoms with E-state index in [4.69, 9.17) is 9.26 Å². The standard InChI is InChI=1S/C16H20N4O2/c1-11-2-4-12(5-3-11)16-18-15(22-19-16)10-20-8-13-14(9-20)21-7-6-17-13/h2-5,13-14,17H,6-10H2,1H3/t13-,14-/m0/s1. The Balaban J connectivity index is 1.43. The summed E-state index contributed by atoms with van der Waals surface area (Å²) in [5, 5.41) is 7.59. The Bertz CT molecular complexity index is 626. The molecule has 2 aliphatic rings. The van der Waals surface area contributed by atoms with E-state index in [1.165, 1.54) is 5.56 Å². The van der Waals surface area contributed by atoms with Crippen LogP contribution in [0.2, 0.25) is 0 Å². The highest BCUT2D eigenvalue weighted by atomic mass is 16.5. The lowest BCUT2D eigenvalue weighted by Gasteiger charge is -2.25. The summed E-state index contributed by atoms with van der Waals surface area (Å²) in [6.45, 7) is 6.36. The first-order chi connectivity index (χ1) is 10.8. The van der Waals surface area contributed by atoms with Crippen LogP contribution in [0.15, 0.2) is 28.8 Å². The van der Waals surface area contributed by atoms with Gasteiger partial charge >= 0.3 is 0 Å². The number of benzene rings is 1. The van der Waals surface area contributed by atoms with Crippen LogP contribution in [-0.2, 0) is 11.3 Å². The summed E-state index contributed by atoms with van der Waals surface area (Å²) in [7, 11) is 0. The maximum absolute atomic E-state index is 5.78. The van der Waals surface area contributed by atoms with E-state index in [2.05, 4.69) is 39.4 Å². The molecule has 2 aromatic rings. The zero-order chi connectivity index (χ0) is 14.9. The van der Waals surface area contributed by atoms with Crippen LogP contribution in [0.4, 0.5) is 0 Å². The van der Waals surface area contributed by atoms with E-state index in [1.54, 1.807) is 0 Å². The van der Waals surface area contributed by atoms with Crippen LogP contribution in [0.25, 0.3) is 11.4 Å². The highest BCUT2D eigenvalue weighted by molar-refractivity contribution is 5.54. The number of nitrogens with one attached hydrogen (secondary N) is 1. The molecular formula is C16H20N4O2. The average molecular weight is 300 g/mol. The first-order valence-corrected chi connectivity index (χ1v) is 7.75. The van der Waals surface area contributed by atoms with Gasteiger partial charge < -0.3 is 14.6 Å². The van der Waals surface area contributed by atoms with Crippen LogP contribution in [0, 0.1) is 6.92 Å². The van der Waals surface area contributed by atoms with Gasteiger partial charge in [-0.15, -0.1) is 0 Å². The molecule has 0 amide bonds. The zero-order valence-corrected chi connectivity index (χ0v) is 12.7. The molecule has 0 unspecified atom stereocenters. The lowest BCUT2D eigenvalue weighted by Crippen LogP contribution is -2.47. The number of morpholine rings is 1. The fourth-order valence-electron chi connectivity index (χ4n) is 3.13. The summed E-state index contributed by atoms with van der Waals surface area (Å²) in [6.07, 6.45) is 0.285. The van der Waals surface area contributed by atoms with Gasteiger partial charge in [-0.05, 0) is 6.92 Å². The maximum Gasteiger partial charge on any atom is 0.241 e. The number of aryl methyl sites for hydroxylation is 1. The van der Waals surface area contributed by atoms with Gasteiger partial charge in [0.05, 0.1) is 19.3 Å². The molecule has 6 heteroatoms. The topological polar surface area (TPSA) is 63.4 Å². The Morgan fingerprint density at radius 3 is 2.95 bits per heavy atom. The number of ether oxygens (including phenoxy) is 1. The molecule has 0 bridgehead atoms. The molecule has 4 rings (SSSR count). The summed E-state index contributed by atoms with van der Waals surface area (Å²) in [4.78, 5) is 6.82. The van der Waals surface area contributed by atoms with E-state index >= 15 is 0 Å². The molecule has 2 atom stereocenters. The Kier molecular flexibility index (Phi) is 3.65. The Morgan fingerprint density at radius 1 is 1.27 bits per heavy atom. The van der Waals surface area contributed by atoms with Gasteiger partial charge in [-0.1, -0.05) is 35.0 Å². The van der Waals surface area contributed by atoms with Crippen molar-refractivity contribution >= 4 is 0 Å². The number of hydrogen-bond donors (Lipinski definition) is 1. The monoisotopic (exact) mass is 300 g/mol. The summed E-state index contributed by atoms with van der Waals surface area (Å²) >= 11 is 0. The molecule has 6 nitrogen and oxygen atoms in total. The molecule has 0 aliphatic carbocycles. The van der Waals surface area contributed by atoms with Crippen molar-refractivity contribution in [3.05, 3.63) is 35.7 Å². The number of likely N-dealkylation sites (tertiary alicyclic amines) is 1. The third-order valence-electron chi connectivity index (χ3n) is 4.32. The van der Waals surface area contributed by atoms with Gasteiger partial charge in [0, 0.05) is 31.2 Å². The van der Waals surface area contributed by atoms with Crippen molar-refractivity contribution < 1.29 is 9.26 Å². The molecule has 0 saturated carbocycles. The summed E-state index contributed by atoms with van der Waals surface area (Å²) in [5.41, 5.74) is 2.21. The predicted octanol–water partition coefficient (Wildman–Crippen LogP) is 1.22. The molecular weight excluding hydrogens is 280 g/mol. The van der Waals surface area contributed by atoms with Crippen molar-refractivity contribution in [2.45, 2.75) is 25.6 Å². The zero-order valence-electron chi connectivity index (χ0n) is 12.7. The number of nitrogens with zero attached hydrogens (tertiary/aromatic N) is 3. The second-order valence-corrected chi connectivity index (χ2v) is 6.04. The quantitative estimate of drug-likeness (QED) is 0.919. The Morgan fingerprint density at radius 2 is 2.14 bits per heavy atom. The Hall–Kier alpha value is -1.76. The predicted molar refractivity (Wildman–Crippen MR) is 81.3 cm³/mol. The summed E-state index contributed by atoms with van der Waals surface area (Å²) in [6, 6.07) is 8.57. The van der Waals surface area contributed by atoms with Gasteiger partial charge in [-0.3, -0.25) is 4.90 Å². The van der Waals surface area contributed by atoms with Gasteiger partial charge in [-0.25, -0.2) is 0 Å². The van der Waals surface area contributed by atoms with Gasteiger partial charge in [0.15, 0.2) is 0 Å². The van der Waals surface area contributed by atoms with Crippen LogP contribution in [0.3, 0.4) is 0 Å². The first kappa shape index (κ1) is 13.9. The fourth-order valence-corrected chi connectivity index (χ4v) is 3.13. The van der Waals surface area contributed by atoms with E-state index < -0.39 is 0 Å². The van der Waals surface area contributed by atoms with Gasteiger partial charge in [0.1, 0.15) is 0 Å². The minimum absolute atomic E-state index is 0.285. The highest BCUT2D eigenvalue weighted by Gasteiger charge is 2.35. The molecule has 1 N–H and O–H groups in total. The molecule has 2 aliphatic heterocycles. The maximum atomic E-state index is 5.78. The van der Waals surface area contributed by atoms with Crippen LogP contribution < -0.4 is 5.32 Å². The highest BCUT2D eigenvalue weighted by Crippen LogP contribution is 2.20. The second kappa shape index (κ2) is 5.79. The van der Waals surface area contributed by atoms with Crippen LogP contribution in [0.1, 0.15) is 11.5 Å². The van der Waals surface area contributed by atoms with Crippen molar-refractivity contribution in [2.75, 3.05) is 26.2 Å². The molecule has 0 radical (unpaired) electrons. The molecule has 116 valence electrons. The normalized spacial score (nSPS) is 25.3. The number of hydrogen-bond acceptors (Lipinski definition) is 6. The van der Waals surface area contributed by atoms with E-state index in [-0.39, 0.29) is 6.10 Å². The van der Waals surface area contributed by atoms with Crippen molar-refractivity contribution in [3.8, 4) is 11.4 Å². The lowest BCUT2D eigenvalue weighted by atomic mass is 10.1. The number of rotatable bonds is 3. The van der Waals surface area contributed by atoms with E-state index in [9.17, 15) is 0 Å². The van der Waals surface area contributed by atoms with E-state index in [0.29, 0.717) is 24.3 Å². The third kappa shape index (κ3) is 2.77. The van der Waals surface area contributed by atoms with Crippen LogP contribution in [0.5, 0.6) is 0 Å². The fraction of sp³-hybridized carbons (Fsp3) is 0.500. The SMILES string of the molecule is Cc1ccc(-c2noc(CN3C[C@@H]4NCCO[C@H]4C3)n2)cc1. The molecule has 2 fully saturated rings. The number of aromatic nitrogens is 2. The first-order valence-electron chi connectivity index (χ1n) is 7.75. The molecule has 1 aromatic carbocycles.